The molecule has 2 N–H and O–H groups in total. The number of methoxy groups -OCH3 is 1. The minimum Gasteiger partial charge on any atom is -0.493 e. The molecule has 0 atom stereocenters. The van der Waals surface area contributed by atoms with Gasteiger partial charge in [0.15, 0.2) is 11.5 Å². The SMILES string of the molecule is CCOc1ccc(C=NNC(=O)CNc2cccc3ccccc23)cc1OC. The van der Waals surface area contributed by atoms with E-state index in [0.717, 1.165) is 22.0 Å². The number of anilines is 1. The molecule has 0 aliphatic heterocycles. The molecule has 0 aliphatic rings. The highest BCUT2D eigenvalue weighted by Crippen LogP contribution is 2.27. The molecule has 0 saturated heterocycles. The van der Waals surface area contributed by atoms with Gasteiger partial charge in [-0.25, -0.2) is 5.43 Å². The lowest BCUT2D eigenvalue weighted by atomic mass is 10.1. The first-order valence-electron chi connectivity index (χ1n) is 9.05. The van der Waals surface area contributed by atoms with E-state index in [1.807, 2.05) is 61.5 Å². The highest BCUT2D eigenvalue weighted by atomic mass is 16.5. The van der Waals surface area contributed by atoms with Crippen molar-refractivity contribution in [2.75, 3.05) is 25.6 Å². The van der Waals surface area contributed by atoms with E-state index in [1.54, 1.807) is 19.4 Å². The Morgan fingerprint density at radius 1 is 1.07 bits per heavy atom. The second-order valence-electron chi connectivity index (χ2n) is 6.02. The van der Waals surface area contributed by atoms with E-state index in [-0.39, 0.29) is 12.5 Å². The zero-order chi connectivity index (χ0) is 19.8. The van der Waals surface area contributed by atoms with Crippen LogP contribution in [-0.4, -0.2) is 32.4 Å². The molecule has 0 heterocycles. The standard InChI is InChI=1S/C22H23N3O3/c1-3-28-20-12-11-16(13-21(20)27-2)14-24-25-22(26)15-23-19-10-6-8-17-7-4-5-9-18(17)19/h4-14,23H,3,15H2,1-2H3,(H,25,26). The van der Waals surface area contributed by atoms with E-state index >= 15 is 0 Å². The number of hydrazone groups is 1. The summed E-state index contributed by atoms with van der Waals surface area (Å²) in [7, 11) is 1.58. The summed E-state index contributed by atoms with van der Waals surface area (Å²) in [5.74, 6) is 1.06. The van der Waals surface area contributed by atoms with E-state index in [0.29, 0.717) is 18.1 Å². The number of amides is 1. The summed E-state index contributed by atoms with van der Waals surface area (Å²) in [6.45, 7) is 2.60. The normalized spacial score (nSPS) is 10.8. The van der Waals surface area contributed by atoms with Gasteiger partial charge in [-0.05, 0) is 42.1 Å². The third kappa shape index (κ3) is 4.79. The van der Waals surface area contributed by atoms with Gasteiger partial charge in [0, 0.05) is 11.1 Å². The maximum atomic E-state index is 12.1. The summed E-state index contributed by atoms with van der Waals surface area (Å²) in [4.78, 5) is 12.1. The summed E-state index contributed by atoms with van der Waals surface area (Å²) >= 11 is 0. The molecule has 0 radical (unpaired) electrons. The van der Waals surface area contributed by atoms with Gasteiger partial charge in [-0.2, -0.15) is 5.10 Å². The third-order valence-electron chi connectivity index (χ3n) is 4.12. The summed E-state index contributed by atoms with van der Waals surface area (Å²) < 4.78 is 10.8. The average Bonchev–Trinajstić information content (AvgIpc) is 2.73. The Morgan fingerprint density at radius 3 is 2.71 bits per heavy atom. The summed E-state index contributed by atoms with van der Waals surface area (Å²) in [5.41, 5.74) is 4.23. The van der Waals surface area contributed by atoms with Gasteiger partial charge in [-0.3, -0.25) is 4.79 Å². The molecule has 3 aromatic carbocycles. The van der Waals surface area contributed by atoms with Crippen molar-refractivity contribution in [3.8, 4) is 11.5 Å². The molecular formula is C22H23N3O3. The van der Waals surface area contributed by atoms with Gasteiger partial charge < -0.3 is 14.8 Å². The van der Waals surface area contributed by atoms with Gasteiger partial charge in [0.1, 0.15) is 0 Å². The predicted octanol–water partition coefficient (Wildman–Crippen LogP) is 3.81. The Balaban J connectivity index is 1.57. The molecule has 144 valence electrons. The minimum atomic E-state index is -0.234. The Labute approximate surface area is 164 Å². The Bertz CT molecular complexity index is 980. The number of nitrogens with zero attached hydrogens (tertiary/aromatic N) is 1. The van der Waals surface area contributed by atoms with Gasteiger partial charge in [0.05, 0.1) is 26.5 Å². The van der Waals surface area contributed by atoms with Gasteiger partial charge >= 0.3 is 0 Å². The molecule has 6 heteroatoms. The predicted molar refractivity (Wildman–Crippen MR) is 112 cm³/mol. The van der Waals surface area contributed by atoms with Crippen LogP contribution in [-0.2, 0) is 4.79 Å². The smallest absolute Gasteiger partial charge is 0.259 e. The van der Waals surface area contributed by atoms with E-state index in [2.05, 4.69) is 15.8 Å². The molecule has 3 rings (SSSR count). The van der Waals surface area contributed by atoms with Crippen LogP contribution in [0.25, 0.3) is 10.8 Å². The van der Waals surface area contributed by atoms with Crippen molar-refractivity contribution in [3.05, 3.63) is 66.2 Å². The van der Waals surface area contributed by atoms with E-state index in [4.69, 9.17) is 9.47 Å². The number of carbonyl (C=O) groups excluding carboxylic acids is 1. The van der Waals surface area contributed by atoms with Crippen molar-refractivity contribution in [2.45, 2.75) is 6.92 Å². The van der Waals surface area contributed by atoms with Gasteiger partial charge in [-0.1, -0.05) is 36.4 Å². The van der Waals surface area contributed by atoms with E-state index < -0.39 is 0 Å². The van der Waals surface area contributed by atoms with Gasteiger partial charge in [-0.15, -0.1) is 0 Å². The van der Waals surface area contributed by atoms with Crippen molar-refractivity contribution < 1.29 is 14.3 Å². The monoisotopic (exact) mass is 377 g/mol. The Hall–Kier alpha value is -3.54. The van der Waals surface area contributed by atoms with Crippen LogP contribution in [0.1, 0.15) is 12.5 Å². The summed E-state index contributed by atoms with van der Waals surface area (Å²) in [6.07, 6.45) is 1.56. The first-order valence-corrected chi connectivity index (χ1v) is 9.05. The van der Waals surface area contributed by atoms with Crippen LogP contribution in [0.2, 0.25) is 0 Å². The summed E-state index contributed by atoms with van der Waals surface area (Å²) in [5, 5.41) is 9.35. The molecule has 28 heavy (non-hydrogen) atoms. The molecule has 0 saturated carbocycles. The number of nitrogens with one attached hydrogen (secondary N) is 2. The number of carbonyl (C=O) groups is 1. The number of hydrogen-bond acceptors (Lipinski definition) is 5. The number of fused-ring (bicyclic) bond motifs is 1. The second-order valence-corrected chi connectivity index (χ2v) is 6.02. The first kappa shape index (κ1) is 19.2. The molecule has 0 aliphatic carbocycles. The fourth-order valence-electron chi connectivity index (χ4n) is 2.81. The van der Waals surface area contributed by atoms with Crippen molar-refractivity contribution in [3.63, 3.8) is 0 Å². The van der Waals surface area contributed by atoms with Crippen LogP contribution in [0.4, 0.5) is 5.69 Å². The fraction of sp³-hybridized carbons (Fsp3) is 0.182. The molecule has 0 spiro atoms. The first-order chi connectivity index (χ1) is 13.7. The largest absolute Gasteiger partial charge is 0.493 e. The quantitative estimate of drug-likeness (QED) is 0.463. The topological polar surface area (TPSA) is 72.0 Å². The zero-order valence-electron chi connectivity index (χ0n) is 15.9. The van der Waals surface area contributed by atoms with Gasteiger partial charge in [0.2, 0.25) is 0 Å². The van der Waals surface area contributed by atoms with Crippen molar-refractivity contribution in [2.24, 2.45) is 5.10 Å². The van der Waals surface area contributed by atoms with E-state index in [9.17, 15) is 4.79 Å². The maximum absolute atomic E-state index is 12.1. The van der Waals surface area contributed by atoms with Gasteiger partial charge in [0.25, 0.3) is 5.91 Å². The molecule has 0 aromatic heterocycles. The lowest BCUT2D eigenvalue weighted by molar-refractivity contribution is -0.119. The number of ether oxygens (including phenoxy) is 2. The Morgan fingerprint density at radius 2 is 1.89 bits per heavy atom. The second kappa shape index (κ2) is 9.41. The number of rotatable bonds is 8. The number of benzene rings is 3. The van der Waals surface area contributed by atoms with E-state index in [1.165, 1.54) is 0 Å². The third-order valence-corrected chi connectivity index (χ3v) is 4.12. The zero-order valence-corrected chi connectivity index (χ0v) is 15.9. The molecule has 0 bridgehead atoms. The van der Waals surface area contributed by atoms with Crippen LogP contribution < -0.4 is 20.2 Å². The number of hydrogen-bond donors (Lipinski definition) is 2. The van der Waals surface area contributed by atoms with Crippen molar-refractivity contribution >= 4 is 28.6 Å². The molecule has 1 amide bonds. The lowest BCUT2D eigenvalue weighted by Gasteiger charge is -2.09. The lowest BCUT2D eigenvalue weighted by Crippen LogP contribution is -2.25. The molecule has 6 nitrogen and oxygen atoms in total. The van der Waals surface area contributed by atoms with Crippen LogP contribution in [0.5, 0.6) is 11.5 Å². The highest BCUT2D eigenvalue weighted by molar-refractivity contribution is 5.95. The van der Waals surface area contributed by atoms with Crippen LogP contribution >= 0.6 is 0 Å². The minimum absolute atomic E-state index is 0.123. The molecule has 0 fully saturated rings. The van der Waals surface area contributed by atoms with Crippen LogP contribution in [0.15, 0.2) is 65.8 Å². The highest BCUT2D eigenvalue weighted by Gasteiger charge is 2.05. The maximum Gasteiger partial charge on any atom is 0.259 e. The molecular weight excluding hydrogens is 354 g/mol. The van der Waals surface area contributed by atoms with Crippen LogP contribution in [0.3, 0.4) is 0 Å². The fourth-order valence-corrected chi connectivity index (χ4v) is 2.81. The average molecular weight is 377 g/mol. The van der Waals surface area contributed by atoms with Crippen LogP contribution in [0, 0.1) is 0 Å². The Kier molecular flexibility index (Phi) is 6.46. The molecule has 3 aromatic rings. The molecule has 0 unspecified atom stereocenters. The summed E-state index contributed by atoms with van der Waals surface area (Å²) in [6, 6.07) is 19.4. The van der Waals surface area contributed by atoms with Crippen molar-refractivity contribution in [1.82, 2.24) is 5.43 Å². The van der Waals surface area contributed by atoms with Crippen molar-refractivity contribution in [1.29, 1.82) is 0 Å².